The van der Waals surface area contributed by atoms with Crippen LogP contribution in [-0.2, 0) is 21.4 Å². The maximum Gasteiger partial charge on any atom is 0.244 e. The number of benzene rings is 1. The summed E-state index contributed by atoms with van der Waals surface area (Å²) in [5.41, 5.74) is 0.935. The minimum absolute atomic E-state index is 0.0329. The first-order valence-corrected chi connectivity index (χ1v) is 10.7. The van der Waals surface area contributed by atoms with E-state index in [1.54, 1.807) is 12.4 Å². The third-order valence-electron chi connectivity index (χ3n) is 4.48. The van der Waals surface area contributed by atoms with Crippen LogP contribution < -0.4 is 5.32 Å². The van der Waals surface area contributed by atoms with Gasteiger partial charge in [0.1, 0.15) is 4.90 Å². The normalized spacial score (nSPS) is 18.2. The molecular formula is C18H19Cl2N3O3S. The van der Waals surface area contributed by atoms with E-state index in [4.69, 9.17) is 23.2 Å². The second kappa shape index (κ2) is 8.56. The maximum absolute atomic E-state index is 13.0. The van der Waals surface area contributed by atoms with Crippen molar-refractivity contribution in [2.24, 2.45) is 5.92 Å². The van der Waals surface area contributed by atoms with Crippen molar-refractivity contribution in [3.05, 3.63) is 58.3 Å². The summed E-state index contributed by atoms with van der Waals surface area (Å²) in [5.74, 6) is -0.572. The Labute approximate surface area is 168 Å². The van der Waals surface area contributed by atoms with Crippen LogP contribution >= 0.6 is 23.2 Å². The molecule has 3 rings (SSSR count). The molecule has 0 radical (unpaired) electrons. The highest BCUT2D eigenvalue weighted by Gasteiger charge is 2.34. The van der Waals surface area contributed by atoms with Gasteiger partial charge in [-0.05, 0) is 48.7 Å². The predicted molar refractivity (Wildman–Crippen MR) is 104 cm³/mol. The second-order valence-electron chi connectivity index (χ2n) is 6.35. The fourth-order valence-corrected chi connectivity index (χ4v) is 5.28. The molecule has 1 N–H and O–H groups in total. The van der Waals surface area contributed by atoms with Crippen molar-refractivity contribution in [1.29, 1.82) is 0 Å². The smallest absolute Gasteiger partial charge is 0.244 e. The number of sulfonamides is 1. The van der Waals surface area contributed by atoms with E-state index in [9.17, 15) is 13.2 Å². The van der Waals surface area contributed by atoms with Crippen LogP contribution in [-0.4, -0.2) is 36.7 Å². The fraction of sp³-hybridized carbons (Fsp3) is 0.333. The van der Waals surface area contributed by atoms with Crippen LogP contribution in [0.1, 0.15) is 18.4 Å². The van der Waals surface area contributed by atoms with Crippen LogP contribution in [0.2, 0.25) is 10.0 Å². The van der Waals surface area contributed by atoms with E-state index >= 15 is 0 Å². The zero-order valence-corrected chi connectivity index (χ0v) is 16.8. The first-order valence-electron chi connectivity index (χ1n) is 8.50. The van der Waals surface area contributed by atoms with Crippen LogP contribution in [0.4, 0.5) is 0 Å². The summed E-state index contributed by atoms with van der Waals surface area (Å²) < 4.78 is 27.2. The van der Waals surface area contributed by atoms with Gasteiger partial charge in [0.15, 0.2) is 0 Å². The van der Waals surface area contributed by atoms with E-state index in [2.05, 4.69) is 10.3 Å². The maximum atomic E-state index is 13.0. The molecule has 0 saturated carbocycles. The van der Waals surface area contributed by atoms with E-state index in [1.807, 2.05) is 12.1 Å². The van der Waals surface area contributed by atoms with Gasteiger partial charge >= 0.3 is 0 Å². The molecule has 27 heavy (non-hydrogen) atoms. The largest absolute Gasteiger partial charge is 0.352 e. The highest BCUT2D eigenvalue weighted by atomic mass is 35.5. The Bertz CT molecular complexity index is 923. The first kappa shape index (κ1) is 20.1. The molecule has 9 heteroatoms. The number of hydrogen-bond donors (Lipinski definition) is 1. The molecule has 0 spiro atoms. The standard InChI is InChI=1S/C18H19Cl2N3O3S/c19-15-3-4-16(20)17(10-15)27(25,26)23-9-1-2-14(12-23)18(24)22-11-13-5-7-21-8-6-13/h3-8,10,14H,1-2,9,11-12H2,(H,22,24)/t14-/m1/s1. The van der Waals surface area contributed by atoms with E-state index in [0.29, 0.717) is 31.0 Å². The summed E-state index contributed by atoms with van der Waals surface area (Å²) in [6.45, 7) is 0.845. The molecule has 1 aliphatic heterocycles. The van der Waals surface area contributed by atoms with Gasteiger partial charge in [0, 0.05) is 37.1 Å². The van der Waals surface area contributed by atoms with Gasteiger partial charge in [0.05, 0.1) is 10.9 Å². The van der Waals surface area contributed by atoms with Crippen LogP contribution in [0, 0.1) is 5.92 Å². The van der Waals surface area contributed by atoms with Crippen LogP contribution in [0.3, 0.4) is 0 Å². The second-order valence-corrected chi connectivity index (χ2v) is 9.10. The Morgan fingerprint density at radius 3 is 2.70 bits per heavy atom. The number of piperidine rings is 1. The van der Waals surface area contributed by atoms with Crippen molar-refractivity contribution in [3.8, 4) is 0 Å². The molecule has 0 bridgehead atoms. The molecule has 1 saturated heterocycles. The number of aromatic nitrogens is 1. The van der Waals surface area contributed by atoms with Crippen molar-refractivity contribution in [3.63, 3.8) is 0 Å². The summed E-state index contributed by atoms with van der Waals surface area (Å²) >= 11 is 12.0. The number of nitrogens with zero attached hydrogens (tertiary/aromatic N) is 2. The molecule has 1 aromatic carbocycles. The number of pyridine rings is 1. The van der Waals surface area contributed by atoms with Crippen LogP contribution in [0.15, 0.2) is 47.6 Å². The van der Waals surface area contributed by atoms with Gasteiger partial charge in [-0.25, -0.2) is 8.42 Å². The van der Waals surface area contributed by atoms with E-state index in [-0.39, 0.29) is 22.4 Å². The molecule has 1 aromatic heterocycles. The summed E-state index contributed by atoms with van der Waals surface area (Å²) in [6.07, 6.45) is 4.55. The molecule has 0 aliphatic carbocycles. The highest BCUT2D eigenvalue weighted by Crippen LogP contribution is 2.30. The number of nitrogens with one attached hydrogen (secondary N) is 1. The molecular weight excluding hydrogens is 409 g/mol. The van der Waals surface area contributed by atoms with Crippen molar-refractivity contribution >= 4 is 39.1 Å². The first-order chi connectivity index (χ1) is 12.9. The van der Waals surface area contributed by atoms with Gasteiger partial charge in [-0.3, -0.25) is 9.78 Å². The molecule has 2 aromatic rings. The fourth-order valence-electron chi connectivity index (χ4n) is 3.02. The number of hydrogen-bond acceptors (Lipinski definition) is 4. The molecule has 1 aliphatic rings. The summed E-state index contributed by atoms with van der Waals surface area (Å²) in [5, 5.41) is 3.27. The molecule has 1 atom stereocenters. The van der Waals surface area contributed by atoms with Gasteiger partial charge in [0.25, 0.3) is 0 Å². The highest BCUT2D eigenvalue weighted by molar-refractivity contribution is 7.89. The third-order valence-corrected chi connectivity index (χ3v) is 7.06. The summed E-state index contributed by atoms with van der Waals surface area (Å²) in [4.78, 5) is 16.4. The minimum atomic E-state index is -3.82. The van der Waals surface area contributed by atoms with Gasteiger partial charge in [-0.15, -0.1) is 0 Å². The topological polar surface area (TPSA) is 79.4 Å². The van der Waals surface area contributed by atoms with Gasteiger partial charge < -0.3 is 5.32 Å². The Morgan fingerprint density at radius 2 is 1.96 bits per heavy atom. The lowest BCUT2D eigenvalue weighted by molar-refractivity contribution is -0.126. The average Bonchev–Trinajstić information content (AvgIpc) is 2.68. The third kappa shape index (κ3) is 4.79. The molecule has 6 nitrogen and oxygen atoms in total. The Hall–Kier alpha value is -1.67. The quantitative estimate of drug-likeness (QED) is 0.794. The zero-order valence-electron chi connectivity index (χ0n) is 14.4. The van der Waals surface area contributed by atoms with Crippen molar-refractivity contribution in [2.45, 2.75) is 24.3 Å². The molecule has 1 fully saturated rings. The molecule has 1 amide bonds. The number of rotatable bonds is 5. The number of halogens is 2. The van der Waals surface area contributed by atoms with Gasteiger partial charge in [-0.1, -0.05) is 23.2 Å². The Morgan fingerprint density at radius 1 is 1.22 bits per heavy atom. The lowest BCUT2D eigenvalue weighted by atomic mass is 9.99. The van der Waals surface area contributed by atoms with E-state index < -0.39 is 15.9 Å². The summed E-state index contributed by atoms with van der Waals surface area (Å²) in [7, 11) is -3.82. The minimum Gasteiger partial charge on any atom is -0.352 e. The number of carbonyl (C=O) groups is 1. The average molecular weight is 428 g/mol. The molecule has 144 valence electrons. The van der Waals surface area contributed by atoms with Crippen molar-refractivity contribution in [2.75, 3.05) is 13.1 Å². The van der Waals surface area contributed by atoms with Crippen LogP contribution in [0.25, 0.3) is 0 Å². The zero-order chi connectivity index (χ0) is 19.4. The lowest BCUT2D eigenvalue weighted by Crippen LogP contribution is -2.45. The molecule has 2 heterocycles. The van der Waals surface area contributed by atoms with Crippen LogP contribution in [0.5, 0.6) is 0 Å². The Kier molecular flexibility index (Phi) is 6.37. The van der Waals surface area contributed by atoms with Gasteiger partial charge in [-0.2, -0.15) is 4.31 Å². The monoisotopic (exact) mass is 427 g/mol. The van der Waals surface area contributed by atoms with Gasteiger partial charge in [0.2, 0.25) is 15.9 Å². The lowest BCUT2D eigenvalue weighted by Gasteiger charge is -2.31. The van der Waals surface area contributed by atoms with E-state index in [1.165, 1.54) is 22.5 Å². The van der Waals surface area contributed by atoms with Crippen molar-refractivity contribution in [1.82, 2.24) is 14.6 Å². The van der Waals surface area contributed by atoms with E-state index in [0.717, 1.165) is 5.56 Å². The molecule has 0 unspecified atom stereocenters. The number of amides is 1. The Balaban J connectivity index is 1.69. The van der Waals surface area contributed by atoms with Crippen molar-refractivity contribution < 1.29 is 13.2 Å². The number of carbonyl (C=O) groups excluding carboxylic acids is 1. The summed E-state index contributed by atoms with van der Waals surface area (Å²) in [6, 6.07) is 7.97. The predicted octanol–water partition coefficient (Wildman–Crippen LogP) is 3.11. The SMILES string of the molecule is O=C(NCc1ccncc1)[C@@H]1CCCN(S(=O)(=O)c2cc(Cl)ccc2Cl)C1.